The monoisotopic (exact) mass is 341 g/mol. The Kier molecular flexibility index (Phi) is 5.54. The van der Waals surface area contributed by atoms with Crippen molar-refractivity contribution in [2.75, 3.05) is 13.2 Å². The first-order chi connectivity index (χ1) is 11.3. The average molecular weight is 341 g/mol. The number of halogens is 2. The fraction of sp³-hybridized carbons (Fsp3) is 0.529. The standard InChI is InChI=1S/C17H21F2NO4/c1-10(2)14(16(22)23)15(21)20-17(5-7-24-8-6-17)12-4-3-11(18)9-13(12)19/h3-4,9-10,14H,5-8H2,1-2H3,(H,20,21)(H,22,23). The number of amides is 1. The fourth-order valence-electron chi connectivity index (χ4n) is 3.07. The molecule has 0 radical (unpaired) electrons. The van der Waals surface area contributed by atoms with Crippen LogP contribution in [0.3, 0.4) is 0 Å². The molecule has 1 aliphatic heterocycles. The highest BCUT2D eigenvalue weighted by Crippen LogP contribution is 2.34. The van der Waals surface area contributed by atoms with E-state index in [1.165, 1.54) is 6.07 Å². The molecule has 0 aromatic heterocycles. The van der Waals surface area contributed by atoms with Gasteiger partial charge in [-0.1, -0.05) is 19.9 Å². The summed E-state index contributed by atoms with van der Waals surface area (Å²) in [7, 11) is 0. The van der Waals surface area contributed by atoms with Gasteiger partial charge in [-0.05, 0) is 24.8 Å². The smallest absolute Gasteiger partial charge is 0.316 e. The molecule has 2 rings (SSSR count). The molecule has 1 amide bonds. The van der Waals surface area contributed by atoms with Crippen LogP contribution in [0, 0.1) is 23.5 Å². The molecule has 24 heavy (non-hydrogen) atoms. The van der Waals surface area contributed by atoms with Crippen LogP contribution in [0.4, 0.5) is 8.78 Å². The van der Waals surface area contributed by atoms with Gasteiger partial charge in [-0.2, -0.15) is 0 Å². The van der Waals surface area contributed by atoms with Crippen LogP contribution in [0.15, 0.2) is 18.2 Å². The Balaban J connectivity index is 2.38. The van der Waals surface area contributed by atoms with E-state index in [0.29, 0.717) is 0 Å². The van der Waals surface area contributed by atoms with Gasteiger partial charge in [-0.3, -0.25) is 9.59 Å². The van der Waals surface area contributed by atoms with E-state index in [0.717, 1.165) is 12.1 Å². The number of ether oxygens (including phenoxy) is 1. The summed E-state index contributed by atoms with van der Waals surface area (Å²) < 4.78 is 32.8. The second kappa shape index (κ2) is 7.25. The van der Waals surface area contributed by atoms with Crippen molar-refractivity contribution in [1.82, 2.24) is 5.32 Å². The fourth-order valence-corrected chi connectivity index (χ4v) is 3.07. The zero-order chi connectivity index (χ0) is 17.9. The highest BCUT2D eigenvalue weighted by Gasteiger charge is 2.41. The summed E-state index contributed by atoms with van der Waals surface area (Å²) in [5.74, 6) is -5.05. The van der Waals surface area contributed by atoms with Gasteiger partial charge in [0.2, 0.25) is 5.91 Å². The number of carboxylic acids is 1. The zero-order valence-electron chi connectivity index (χ0n) is 13.6. The van der Waals surface area contributed by atoms with Gasteiger partial charge in [0.1, 0.15) is 17.6 Å². The summed E-state index contributed by atoms with van der Waals surface area (Å²) in [6.07, 6.45) is 0.567. The molecular weight excluding hydrogens is 320 g/mol. The maximum absolute atomic E-state index is 14.3. The molecular formula is C17H21F2NO4. The molecule has 132 valence electrons. The SMILES string of the molecule is CC(C)C(C(=O)O)C(=O)NC1(c2ccc(F)cc2F)CCOCC1. The third-order valence-corrected chi connectivity index (χ3v) is 4.37. The highest BCUT2D eigenvalue weighted by molar-refractivity contribution is 5.97. The van der Waals surface area contributed by atoms with E-state index >= 15 is 0 Å². The quantitative estimate of drug-likeness (QED) is 0.807. The van der Waals surface area contributed by atoms with Gasteiger partial charge in [0.15, 0.2) is 0 Å². The van der Waals surface area contributed by atoms with Crippen LogP contribution in [0.5, 0.6) is 0 Å². The van der Waals surface area contributed by atoms with E-state index in [2.05, 4.69) is 5.32 Å². The van der Waals surface area contributed by atoms with E-state index in [1.54, 1.807) is 13.8 Å². The van der Waals surface area contributed by atoms with Crippen LogP contribution in [0.1, 0.15) is 32.3 Å². The van der Waals surface area contributed by atoms with Crippen molar-refractivity contribution >= 4 is 11.9 Å². The number of hydrogen-bond acceptors (Lipinski definition) is 3. The molecule has 2 N–H and O–H groups in total. The normalized spacial score (nSPS) is 18.2. The minimum atomic E-state index is -1.24. The number of carboxylic acid groups (broad SMARTS) is 1. The number of benzene rings is 1. The summed E-state index contributed by atoms with van der Waals surface area (Å²) >= 11 is 0. The van der Waals surface area contributed by atoms with Gasteiger partial charge in [-0.25, -0.2) is 8.78 Å². The molecule has 0 aliphatic carbocycles. The molecule has 1 atom stereocenters. The van der Waals surface area contributed by atoms with Crippen molar-refractivity contribution < 1.29 is 28.2 Å². The average Bonchev–Trinajstić information content (AvgIpc) is 2.46. The van der Waals surface area contributed by atoms with Gasteiger partial charge >= 0.3 is 5.97 Å². The maximum atomic E-state index is 14.3. The molecule has 1 fully saturated rings. The number of nitrogens with one attached hydrogen (secondary N) is 1. The lowest BCUT2D eigenvalue weighted by atomic mass is 9.81. The Morgan fingerprint density at radius 3 is 2.38 bits per heavy atom. The Bertz CT molecular complexity index is 627. The lowest BCUT2D eigenvalue weighted by molar-refractivity contribution is -0.150. The molecule has 0 saturated carbocycles. The maximum Gasteiger partial charge on any atom is 0.316 e. The topological polar surface area (TPSA) is 75.6 Å². The zero-order valence-corrected chi connectivity index (χ0v) is 13.6. The minimum absolute atomic E-state index is 0.147. The molecule has 1 saturated heterocycles. The summed E-state index contributed by atoms with van der Waals surface area (Å²) in [6.45, 7) is 3.84. The van der Waals surface area contributed by atoms with E-state index in [-0.39, 0.29) is 31.6 Å². The predicted octanol–water partition coefficient (Wildman–Crippen LogP) is 2.44. The third kappa shape index (κ3) is 3.72. The molecule has 7 heteroatoms. The van der Waals surface area contributed by atoms with Crippen molar-refractivity contribution in [2.45, 2.75) is 32.2 Å². The van der Waals surface area contributed by atoms with Crippen molar-refractivity contribution in [2.24, 2.45) is 11.8 Å². The molecule has 1 heterocycles. The van der Waals surface area contributed by atoms with Crippen molar-refractivity contribution in [3.63, 3.8) is 0 Å². The Morgan fingerprint density at radius 1 is 1.25 bits per heavy atom. The van der Waals surface area contributed by atoms with Crippen LogP contribution >= 0.6 is 0 Å². The summed E-state index contributed by atoms with van der Waals surface area (Å²) in [6, 6.07) is 3.18. The van der Waals surface area contributed by atoms with E-state index in [1.807, 2.05) is 0 Å². The summed E-state index contributed by atoms with van der Waals surface area (Å²) in [5.41, 5.74) is -0.955. The van der Waals surface area contributed by atoms with Gasteiger partial charge in [0.05, 0.1) is 5.54 Å². The molecule has 0 bridgehead atoms. The molecule has 1 aromatic rings. The van der Waals surface area contributed by atoms with Gasteiger partial charge in [-0.15, -0.1) is 0 Å². The van der Waals surface area contributed by atoms with Gasteiger partial charge in [0, 0.05) is 24.8 Å². The summed E-state index contributed by atoms with van der Waals surface area (Å²) in [4.78, 5) is 23.9. The summed E-state index contributed by atoms with van der Waals surface area (Å²) in [5, 5.41) is 12.0. The number of hydrogen-bond donors (Lipinski definition) is 2. The van der Waals surface area contributed by atoms with Crippen LogP contribution in [-0.2, 0) is 19.9 Å². The Morgan fingerprint density at radius 2 is 1.88 bits per heavy atom. The van der Waals surface area contributed by atoms with E-state index in [4.69, 9.17) is 4.74 Å². The molecule has 0 spiro atoms. The van der Waals surface area contributed by atoms with Crippen molar-refractivity contribution in [3.8, 4) is 0 Å². The molecule has 5 nitrogen and oxygen atoms in total. The number of rotatable bonds is 5. The number of carbonyl (C=O) groups is 2. The first-order valence-electron chi connectivity index (χ1n) is 7.85. The van der Waals surface area contributed by atoms with Crippen molar-refractivity contribution in [1.29, 1.82) is 0 Å². The molecule has 1 aliphatic rings. The van der Waals surface area contributed by atoms with Gasteiger partial charge < -0.3 is 15.2 Å². The third-order valence-electron chi connectivity index (χ3n) is 4.37. The molecule has 1 unspecified atom stereocenters. The van der Waals surface area contributed by atoms with Crippen LogP contribution in [0.25, 0.3) is 0 Å². The van der Waals surface area contributed by atoms with E-state index < -0.39 is 40.9 Å². The minimum Gasteiger partial charge on any atom is -0.481 e. The first-order valence-corrected chi connectivity index (χ1v) is 7.85. The lowest BCUT2D eigenvalue weighted by Crippen LogP contribution is -2.53. The van der Waals surface area contributed by atoms with Crippen LogP contribution in [-0.4, -0.2) is 30.2 Å². The first kappa shape index (κ1) is 18.3. The van der Waals surface area contributed by atoms with Crippen molar-refractivity contribution in [3.05, 3.63) is 35.4 Å². The van der Waals surface area contributed by atoms with Gasteiger partial charge in [0.25, 0.3) is 0 Å². The second-order valence-electron chi connectivity index (χ2n) is 6.37. The van der Waals surface area contributed by atoms with Crippen LogP contribution < -0.4 is 5.32 Å². The molecule has 1 aromatic carbocycles. The van der Waals surface area contributed by atoms with E-state index in [9.17, 15) is 23.5 Å². The number of carbonyl (C=O) groups excluding carboxylic acids is 1. The lowest BCUT2D eigenvalue weighted by Gasteiger charge is -2.39. The van der Waals surface area contributed by atoms with Crippen LogP contribution in [0.2, 0.25) is 0 Å². The Labute approximate surface area is 139 Å². The highest BCUT2D eigenvalue weighted by atomic mass is 19.1. The number of aliphatic carboxylic acids is 1. The Hall–Kier alpha value is -2.02. The predicted molar refractivity (Wildman–Crippen MR) is 82.2 cm³/mol. The second-order valence-corrected chi connectivity index (χ2v) is 6.37. The largest absolute Gasteiger partial charge is 0.481 e.